The lowest BCUT2D eigenvalue weighted by atomic mass is 9.81. The highest BCUT2D eigenvalue weighted by atomic mass is 15.2. The Labute approximate surface area is 147 Å². The fourth-order valence-electron chi connectivity index (χ4n) is 3.28. The number of aromatic nitrogens is 1. The minimum absolute atomic E-state index is 0.292. The Morgan fingerprint density at radius 1 is 0.792 bits per heavy atom. The van der Waals surface area contributed by atoms with E-state index in [4.69, 9.17) is 4.98 Å². The molecule has 0 radical (unpaired) electrons. The van der Waals surface area contributed by atoms with E-state index in [1.807, 2.05) is 0 Å². The summed E-state index contributed by atoms with van der Waals surface area (Å²) in [6, 6.07) is 6.34. The number of hydrogen-bond donors (Lipinski definition) is 0. The lowest BCUT2D eigenvalue weighted by Gasteiger charge is -2.28. The first-order chi connectivity index (χ1) is 11.1. The molecule has 3 heterocycles. The Hall–Kier alpha value is -1.77. The number of nitrogens with zero attached hydrogens (tertiary/aromatic N) is 3. The zero-order valence-electron chi connectivity index (χ0n) is 16.0. The SMILES string of the molecule is CC(C)(C)[C@H]1C=CN(c2cccc(N3C=C[C@H](C(C)(C)C)C3)n2)C1. The van der Waals surface area contributed by atoms with Crippen LogP contribution < -0.4 is 9.80 Å². The Kier molecular flexibility index (Phi) is 4.23. The summed E-state index contributed by atoms with van der Waals surface area (Å²) in [6.07, 6.45) is 9.03. The van der Waals surface area contributed by atoms with Gasteiger partial charge in [-0.05, 0) is 23.0 Å². The van der Waals surface area contributed by atoms with Crippen molar-refractivity contribution in [2.75, 3.05) is 22.9 Å². The maximum absolute atomic E-state index is 4.92. The second-order valence-corrected chi connectivity index (χ2v) is 9.29. The van der Waals surface area contributed by atoms with Crippen molar-refractivity contribution in [3.63, 3.8) is 0 Å². The van der Waals surface area contributed by atoms with E-state index in [2.05, 4.69) is 94.1 Å². The smallest absolute Gasteiger partial charge is 0.134 e. The van der Waals surface area contributed by atoms with Gasteiger partial charge >= 0.3 is 0 Å². The summed E-state index contributed by atoms with van der Waals surface area (Å²) in [4.78, 5) is 9.48. The van der Waals surface area contributed by atoms with E-state index in [0.717, 1.165) is 24.7 Å². The highest BCUT2D eigenvalue weighted by Crippen LogP contribution is 2.35. The van der Waals surface area contributed by atoms with Crippen LogP contribution in [0, 0.1) is 22.7 Å². The van der Waals surface area contributed by atoms with Crippen LogP contribution in [0.15, 0.2) is 42.8 Å². The Bertz CT molecular complexity index is 593. The summed E-state index contributed by atoms with van der Waals surface area (Å²) in [5.74, 6) is 3.23. The quantitative estimate of drug-likeness (QED) is 0.756. The first kappa shape index (κ1) is 17.1. The van der Waals surface area contributed by atoms with Gasteiger partial charge in [-0.15, -0.1) is 0 Å². The molecule has 0 saturated carbocycles. The third kappa shape index (κ3) is 3.50. The highest BCUT2D eigenvalue weighted by molar-refractivity contribution is 5.53. The van der Waals surface area contributed by atoms with E-state index < -0.39 is 0 Å². The van der Waals surface area contributed by atoms with E-state index in [-0.39, 0.29) is 0 Å². The van der Waals surface area contributed by atoms with E-state index >= 15 is 0 Å². The van der Waals surface area contributed by atoms with Crippen molar-refractivity contribution in [1.82, 2.24) is 4.98 Å². The normalized spacial score (nSPS) is 24.2. The maximum Gasteiger partial charge on any atom is 0.134 e. The average molecular weight is 326 g/mol. The monoisotopic (exact) mass is 325 g/mol. The van der Waals surface area contributed by atoms with Crippen LogP contribution in [-0.4, -0.2) is 18.1 Å². The fourth-order valence-corrected chi connectivity index (χ4v) is 3.28. The van der Waals surface area contributed by atoms with Crippen LogP contribution in [0.3, 0.4) is 0 Å². The molecule has 2 atom stereocenters. The fraction of sp³-hybridized carbons (Fsp3) is 0.571. The molecule has 24 heavy (non-hydrogen) atoms. The van der Waals surface area contributed by atoms with Gasteiger partial charge in [0.15, 0.2) is 0 Å². The van der Waals surface area contributed by atoms with Crippen molar-refractivity contribution in [3.05, 3.63) is 42.8 Å². The van der Waals surface area contributed by atoms with Gasteiger partial charge in [-0.2, -0.15) is 0 Å². The van der Waals surface area contributed by atoms with Gasteiger partial charge in [0, 0.05) is 37.3 Å². The molecule has 0 N–H and O–H groups in total. The molecular weight excluding hydrogens is 294 g/mol. The first-order valence-corrected chi connectivity index (χ1v) is 9.01. The average Bonchev–Trinajstić information content (AvgIpc) is 3.16. The molecule has 0 amide bonds. The van der Waals surface area contributed by atoms with Gasteiger partial charge in [0.25, 0.3) is 0 Å². The third-order valence-electron chi connectivity index (χ3n) is 5.32. The molecule has 0 bridgehead atoms. The zero-order valence-corrected chi connectivity index (χ0v) is 16.0. The summed E-state index contributed by atoms with van der Waals surface area (Å²) in [6.45, 7) is 15.8. The van der Waals surface area contributed by atoms with Crippen LogP contribution in [0.4, 0.5) is 11.6 Å². The molecule has 2 aliphatic rings. The van der Waals surface area contributed by atoms with Crippen LogP contribution >= 0.6 is 0 Å². The Balaban J connectivity index is 1.73. The molecule has 0 aromatic carbocycles. The van der Waals surface area contributed by atoms with Crippen LogP contribution in [-0.2, 0) is 0 Å². The van der Waals surface area contributed by atoms with Crippen LogP contribution in [0.2, 0.25) is 0 Å². The predicted octanol–water partition coefficient (Wildman–Crippen LogP) is 5.07. The topological polar surface area (TPSA) is 19.4 Å². The van der Waals surface area contributed by atoms with Crippen molar-refractivity contribution in [1.29, 1.82) is 0 Å². The minimum Gasteiger partial charge on any atom is -0.333 e. The standard InChI is InChI=1S/C21H31N3/c1-20(2,3)16-10-12-23(14-16)18-8-7-9-19(22-18)24-13-11-17(15-24)21(4,5)6/h7-13,16-17H,14-15H2,1-6H3/t16-,17-/m0/s1. The molecule has 0 spiro atoms. The van der Waals surface area contributed by atoms with E-state index in [1.54, 1.807) is 0 Å². The van der Waals surface area contributed by atoms with Gasteiger partial charge in [-0.3, -0.25) is 0 Å². The highest BCUT2D eigenvalue weighted by Gasteiger charge is 2.30. The zero-order chi connectivity index (χ0) is 17.5. The van der Waals surface area contributed by atoms with Crippen LogP contribution in [0.25, 0.3) is 0 Å². The number of rotatable bonds is 2. The summed E-state index contributed by atoms with van der Waals surface area (Å²) in [5, 5.41) is 0. The Morgan fingerprint density at radius 2 is 1.21 bits per heavy atom. The third-order valence-corrected chi connectivity index (χ3v) is 5.32. The van der Waals surface area contributed by atoms with Gasteiger partial charge in [-0.25, -0.2) is 4.98 Å². The number of hydrogen-bond acceptors (Lipinski definition) is 3. The molecule has 1 aromatic heterocycles. The van der Waals surface area contributed by atoms with Gasteiger partial charge in [0.05, 0.1) is 0 Å². The summed E-state index contributed by atoms with van der Waals surface area (Å²) < 4.78 is 0. The molecule has 0 fully saturated rings. The second kappa shape index (κ2) is 5.94. The van der Waals surface area contributed by atoms with E-state index in [0.29, 0.717) is 22.7 Å². The molecule has 0 unspecified atom stereocenters. The summed E-state index contributed by atoms with van der Waals surface area (Å²) in [7, 11) is 0. The molecule has 1 aromatic rings. The van der Waals surface area contributed by atoms with Crippen molar-refractivity contribution >= 4 is 11.6 Å². The molecule has 0 aliphatic carbocycles. The minimum atomic E-state index is 0.292. The summed E-state index contributed by atoms with van der Waals surface area (Å²) >= 11 is 0. The van der Waals surface area contributed by atoms with Crippen molar-refractivity contribution in [2.24, 2.45) is 22.7 Å². The first-order valence-electron chi connectivity index (χ1n) is 9.01. The molecule has 3 nitrogen and oxygen atoms in total. The lowest BCUT2D eigenvalue weighted by molar-refractivity contribution is 0.307. The van der Waals surface area contributed by atoms with E-state index in [9.17, 15) is 0 Å². The molecule has 0 saturated heterocycles. The number of anilines is 2. The van der Waals surface area contributed by atoms with Crippen LogP contribution in [0.5, 0.6) is 0 Å². The van der Waals surface area contributed by atoms with Gasteiger partial charge in [0.2, 0.25) is 0 Å². The largest absolute Gasteiger partial charge is 0.333 e. The molecule has 130 valence electrons. The molecular formula is C21H31N3. The second-order valence-electron chi connectivity index (χ2n) is 9.29. The van der Waals surface area contributed by atoms with Gasteiger partial charge < -0.3 is 9.80 Å². The lowest BCUT2D eigenvalue weighted by Crippen LogP contribution is -2.28. The van der Waals surface area contributed by atoms with Crippen molar-refractivity contribution in [3.8, 4) is 0 Å². The summed E-state index contributed by atoms with van der Waals surface area (Å²) in [5.41, 5.74) is 0.584. The molecule has 3 heteroatoms. The van der Waals surface area contributed by atoms with Crippen molar-refractivity contribution < 1.29 is 0 Å². The number of pyridine rings is 1. The maximum atomic E-state index is 4.92. The van der Waals surface area contributed by atoms with E-state index in [1.165, 1.54) is 0 Å². The van der Waals surface area contributed by atoms with Crippen molar-refractivity contribution in [2.45, 2.75) is 41.5 Å². The van der Waals surface area contributed by atoms with Gasteiger partial charge in [-0.1, -0.05) is 59.8 Å². The predicted molar refractivity (Wildman–Crippen MR) is 103 cm³/mol. The molecule has 3 rings (SSSR count). The van der Waals surface area contributed by atoms with Gasteiger partial charge in [0.1, 0.15) is 11.6 Å². The van der Waals surface area contributed by atoms with Crippen LogP contribution in [0.1, 0.15) is 41.5 Å². The Morgan fingerprint density at radius 3 is 1.54 bits per heavy atom. The molecule has 2 aliphatic heterocycles.